The molecular formula is C15H22O4. The van der Waals surface area contributed by atoms with Gasteiger partial charge in [-0.05, 0) is 11.5 Å². The summed E-state index contributed by atoms with van der Waals surface area (Å²) >= 11 is 0. The Morgan fingerprint density at radius 2 is 1.95 bits per heavy atom. The molecule has 106 valence electrons. The van der Waals surface area contributed by atoms with Gasteiger partial charge in [-0.25, -0.2) is 0 Å². The van der Waals surface area contributed by atoms with Crippen molar-refractivity contribution in [1.82, 2.24) is 0 Å². The number of carboxylic acids is 1. The Kier molecular flexibility index (Phi) is 6.53. The van der Waals surface area contributed by atoms with Crippen molar-refractivity contribution in [2.75, 3.05) is 6.61 Å². The first-order valence-corrected chi connectivity index (χ1v) is 6.58. The molecule has 2 N–H and O–H groups in total. The molecule has 0 aliphatic heterocycles. The highest BCUT2D eigenvalue weighted by Crippen LogP contribution is 2.20. The van der Waals surface area contributed by atoms with Crippen molar-refractivity contribution in [3.05, 3.63) is 35.9 Å². The number of carboxylic acid groups (broad SMARTS) is 1. The highest BCUT2D eigenvalue weighted by molar-refractivity contribution is 5.71. The Bertz CT molecular complexity index is 377. The van der Waals surface area contributed by atoms with Crippen LogP contribution in [-0.4, -0.2) is 28.9 Å². The van der Waals surface area contributed by atoms with Crippen LogP contribution in [0.4, 0.5) is 0 Å². The standard InChI is InChI=1S/C15H22O4/c1-3-11(2)14(15(17)18)13(16)10-19-9-12-7-5-4-6-8-12/h4-8,11,13-14,16H,3,9-10H2,1-2H3,(H,17,18)/t11-,13-,14-/m0/s1. The van der Waals surface area contributed by atoms with Gasteiger partial charge in [-0.15, -0.1) is 0 Å². The summed E-state index contributed by atoms with van der Waals surface area (Å²) in [5.74, 6) is -1.82. The highest BCUT2D eigenvalue weighted by atomic mass is 16.5. The summed E-state index contributed by atoms with van der Waals surface area (Å²) in [5, 5.41) is 19.1. The molecule has 4 heteroatoms. The Balaban J connectivity index is 2.44. The number of ether oxygens (including phenoxy) is 1. The van der Waals surface area contributed by atoms with E-state index in [-0.39, 0.29) is 12.5 Å². The average molecular weight is 266 g/mol. The molecule has 4 nitrogen and oxygen atoms in total. The zero-order chi connectivity index (χ0) is 14.3. The second-order valence-electron chi connectivity index (χ2n) is 4.82. The predicted octanol–water partition coefficient (Wildman–Crippen LogP) is 2.31. The minimum Gasteiger partial charge on any atom is -0.481 e. The fourth-order valence-corrected chi connectivity index (χ4v) is 2.02. The van der Waals surface area contributed by atoms with E-state index in [9.17, 15) is 9.90 Å². The van der Waals surface area contributed by atoms with Gasteiger partial charge in [0.2, 0.25) is 0 Å². The number of hydrogen-bond donors (Lipinski definition) is 2. The lowest BCUT2D eigenvalue weighted by Crippen LogP contribution is -2.36. The van der Waals surface area contributed by atoms with Crippen molar-refractivity contribution in [2.24, 2.45) is 11.8 Å². The number of carbonyl (C=O) groups is 1. The Hall–Kier alpha value is -1.39. The SMILES string of the molecule is CC[C@H](C)[C@H](C(=O)O)[C@@H](O)COCc1ccccc1. The van der Waals surface area contributed by atoms with E-state index in [1.54, 1.807) is 0 Å². The van der Waals surface area contributed by atoms with Crippen LogP contribution in [0.3, 0.4) is 0 Å². The van der Waals surface area contributed by atoms with Crippen LogP contribution in [0.15, 0.2) is 30.3 Å². The van der Waals surface area contributed by atoms with Crippen LogP contribution in [-0.2, 0) is 16.1 Å². The molecule has 0 amide bonds. The molecule has 0 saturated carbocycles. The highest BCUT2D eigenvalue weighted by Gasteiger charge is 2.31. The third kappa shape index (κ3) is 5.01. The smallest absolute Gasteiger partial charge is 0.309 e. The van der Waals surface area contributed by atoms with Crippen LogP contribution in [0.2, 0.25) is 0 Å². The lowest BCUT2D eigenvalue weighted by Gasteiger charge is -2.24. The number of rotatable bonds is 8. The normalized spacial score (nSPS) is 15.7. The van der Waals surface area contributed by atoms with E-state index in [1.165, 1.54) is 0 Å². The molecule has 0 unspecified atom stereocenters. The van der Waals surface area contributed by atoms with Crippen LogP contribution in [0, 0.1) is 11.8 Å². The molecule has 1 aromatic rings. The van der Waals surface area contributed by atoms with Gasteiger partial charge < -0.3 is 14.9 Å². The van der Waals surface area contributed by atoms with Crippen molar-refractivity contribution in [3.63, 3.8) is 0 Å². The summed E-state index contributed by atoms with van der Waals surface area (Å²) < 4.78 is 5.39. The molecule has 0 saturated heterocycles. The van der Waals surface area contributed by atoms with Gasteiger partial charge in [-0.3, -0.25) is 4.79 Å². The van der Waals surface area contributed by atoms with E-state index in [1.807, 2.05) is 44.2 Å². The van der Waals surface area contributed by atoms with Crippen LogP contribution >= 0.6 is 0 Å². The molecule has 19 heavy (non-hydrogen) atoms. The molecule has 0 bridgehead atoms. The van der Waals surface area contributed by atoms with Crippen LogP contribution in [0.25, 0.3) is 0 Å². The third-order valence-electron chi connectivity index (χ3n) is 3.36. The van der Waals surface area contributed by atoms with Gasteiger partial charge >= 0.3 is 5.97 Å². The first-order valence-electron chi connectivity index (χ1n) is 6.58. The topological polar surface area (TPSA) is 66.8 Å². The Labute approximate surface area is 114 Å². The van der Waals surface area contributed by atoms with Crippen molar-refractivity contribution in [2.45, 2.75) is 33.0 Å². The molecule has 0 radical (unpaired) electrons. The van der Waals surface area contributed by atoms with Crippen molar-refractivity contribution in [3.8, 4) is 0 Å². The van der Waals surface area contributed by atoms with Gasteiger partial charge in [0, 0.05) is 0 Å². The minimum absolute atomic E-state index is 0.0379. The largest absolute Gasteiger partial charge is 0.481 e. The molecule has 0 aliphatic rings. The number of hydrogen-bond acceptors (Lipinski definition) is 3. The van der Waals surface area contributed by atoms with Gasteiger partial charge in [-0.1, -0.05) is 50.6 Å². The summed E-state index contributed by atoms with van der Waals surface area (Å²) in [6.07, 6.45) is -0.261. The van der Waals surface area contributed by atoms with E-state index in [0.29, 0.717) is 13.0 Å². The number of benzene rings is 1. The summed E-state index contributed by atoms with van der Waals surface area (Å²) in [7, 11) is 0. The minimum atomic E-state index is -0.976. The molecule has 0 heterocycles. The van der Waals surface area contributed by atoms with Gasteiger partial charge in [0.1, 0.15) is 0 Å². The molecule has 1 rings (SSSR count). The first-order chi connectivity index (χ1) is 9.06. The van der Waals surface area contributed by atoms with Crippen molar-refractivity contribution >= 4 is 5.97 Å². The Morgan fingerprint density at radius 1 is 1.32 bits per heavy atom. The zero-order valence-corrected chi connectivity index (χ0v) is 11.5. The van der Waals surface area contributed by atoms with Crippen LogP contribution < -0.4 is 0 Å². The van der Waals surface area contributed by atoms with Crippen molar-refractivity contribution in [1.29, 1.82) is 0 Å². The number of aliphatic hydroxyl groups is 1. The van der Waals surface area contributed by atoms with E-state index in [2.05, 4.69) is 0 Å². The second kappa shape index (κ2) is 7.92. The lowest BCUT2D eigenvalue weighted by molar-refractivity contribution is -0.150. The zero-order valence-electron chi connectivity index (χ0n) is 11.5. The lowest BCUT2D eigenvalue weighted by atomic mass is 9.87. The summed E-state index contributed by atoms with van der Waals surface area (Å²) in [6, 6.07) is 9.59. The fraction of sp³-hybridized carbons (Fsp3) is 0.533. The van der Waals surface area contributed by atoms with Crippen LogP contribution in [0.1, 0.15) is 25.8 Å². The number of aliphatic hydroxyl groups excluding tert-OH is 1. The van der Waals surface area contributed by atoms with E-state index < -0.39 is 18.0 Å². The molecule has 1 aromatic carbocycles. The average Bonchev–Trinajstić information content (AvgIpc) is 2.39. The van der Waals surface area contributed by atoms with Gasteiger partial charge in [0.15, 0.2) is 0 Å². The quantitative estimate of drug-likeness (QED) is 0.757. The maximum atomic E-state index is 11.2. The fourth-order valence-electron chi connectivity index (χ4n) is 2.02. The molecular weight excluding hydrogens is 244 g/mol. The van der Waals surface area contributed by atoms with Gasteiger partial charge in [0.25, 0.3) is 0 Å². The maximum absolute atomic E-state index is 11.2. The summed E-state index contributed by atoms with van der Waals surface area (Å²) in [4.78, 5) is 11.2. The van der Waals surface area contributed by atoms with Crippen LogP contribution in [0.5, 0.6) is 0 Å². The summed E-state index contributed by atoms with van der Waals surface area (Å²) in [5.41, 5.74) is 1.00. The van der Waals surface area contributed by atoms with E-state index in [0.717, 1.165) is 5.56 Å². The summed E-state index contributed by atoms with van der Waals surface area (Å²) in [6.45, 7) is 4.16. The first kappa shape index (κ1) is 15.7. The van der Waals surface area contributed by atoms with Crippen molar-refractivity contribution < 1.29 is 19.7 Å². The molecule has 0 aromatic heterocycles. The maximum Gasteiger partial charge on any atom is 0.309 e. The monoisotopic (exact) mass is 266 g/mol. The Morgan fingerprint density at radius 3 is 2.47 bits per heavy atom. The third-order valence-corrected chi connectivity index (χ3v) is 3.36. The molecule has 3 atom stereocenters. The predicted molar refractivity (Wildman–Crippen MR) is 72.7 cm³/mol. The van der Waals surface area contributed by atoms with E-state index >= 15 is 0 Å². The van der Waals surface area contributed by atoms with Gasteiger partial charge in [0.05, 0.1) is 25.2 Å². The second-order valence-corrected chi connectivity index (χ2v) is 4.82. The molecule has 0 aliphatic carbocycles. The molecule has 0 spiro atoms. The molecule has 0 fully saturated rings. The van der Waals surface area contributed by atoms with Gasteiger partial charge in [-0.2, -0.15) is 0 Å². The number of aliphatic carboxylic acids is 1. The van der Waals surface area contributed by atoms with E-state index in [4.69, 9.17) is 9.84 Å².